The van der Waals surface area contributed by atoms with E-state index in [4.69, 9.17) is 4.42 Å². The van der Waals surface area contributed by atoms with Crippen LogP contribution in [0.25, 0.3) is 11.1 Å². The summed E-state index contributed by atoms with van der Waals surface area (Å²) in [5.41, 5.74) is 3.30. The number of oxazole rings is 1. The highest BCUT2D eigenvalue weighted by molar-refractivity contribution is 7.98. The number of carbonyl (C=O) groups is 1. The number of aromatic nitrogens is 2. The van der Waals surface area contributed by atoms with Crippen molar-refractivity contribution in [3.63, 3.8) is 0 Å². The van der Waals surface area contributed by atoms with Gasteiger partial charge in [-0.25, -0.2) is 9.97 Å². The van der Waals surface area contributed by atoms with Gasteiger partial charge in [-0.2, -0.15) is 0 Å². The van der Waals surface area contributed by atoms with Gasteiger partial charge in [-0.3, -0.25) is 4.79 Å². The quantitative estimate of drug-likeness (QED) is 0.412. The molecule has 1 N–H and O–H groups in total. The topological polar surface area (TPSA) is 71.3 Å². The van der Waals surface area contributed by atoms with Gasteiger partial charge in [-0.05, 0) is 64.0 Å². The van der Waals surface area contributed by atoms with Crippen molar-refractivity contribution in [3.8, 4) is 0 Å². The molecular weight excluding hydrogens is 416 g/mol. The van der Waals surface area contributed by atoms with E-state index in [1.165, 1.54) is 23.1 Å². The van der Waals surface area contributed by atoms with E-state index in [2.05, 4.69) is 41.0 Å². The van der Waals surface area contributed by atoms with Crippen LogP contribution in [0.2, 0.25) is 0 Å². The number of fused-ring (bicyclic) bond motifs is 1. The maximum Gasteiger partial charge on any atom is 0.270 e. The van der Waals surface area contributed by atoms with Gasteiger partial charge in [-0.15, -0.1) is 11.3 Å². The normalized spacial score (nSPS) is 12.6. The maximum absolute atomic E-state index is 12.5. The SMILES string of the molecule is CCN(CC)CCCC(C)NC(=O)c1csc(CSc2nc3cc(C)ccc3o2)n1. The molecule has 30 heavy (non-hydrogen) atoms. The molecule has 3 aromatic rings. The Morgan fingerprint density at radius 3 is 2.87 bits per heavy atom. The van der Waals surface area contributed by atoms with E-state index in [0.29, 0.717) is 16.7 Å². The second-order valence-electron chi connectivity index (χ2n) is 7.41. The number of nitrogens with one attached hydrogen (secondary N) is 1. The van der Waals surface area contributed by atoms with E-state index in [-0.39, 0.29) is 11.9 Å². The fourth-order valence-electron chi connectivity index (χ4n) is 3.21. The Kier molecular flexibility index (Phi) is 8.30. The number of aryl methyl sites for hydroxylation is 1. The van der Waals surface area contributed by atoms with E-state index in [1.807, 2.05) is 30.5 Å². The summed E-state index contributed by atoms with van der Waals surface area (Å²) in [6, 6.07) is 6.10. The van der Waals surface area contributed by atoms with E-state index >= 15 is 0 Å². The molecule has 6 nitrogen and oxygen atoms in total. The molecular formula is C22H30N4O2S2. The van der Waals surface area contributed by atoms with Gasteiger partial charge < -0.3 is 14.6 Å². The van der Waals surface area contributed by atoms with Gasteiger partial charge in [0.1, 0.15) is 16.2 Å². The van der Waals surface area contributed by atoms with Crippen molar-refractivity contribution >= 4 is 40.1 Å². The minimum absolute atomic E-state index is 0.102. The molecule has 0 spiro atoms. The Balaban J connectivity index is 1.47. The molecule has 8 heteroatoms. The van der Waals surface area contributed by atoms with Crippen LogP contribution in [-0.4, -0.2) is 46.5 Å². The molecule has 0 radical (unpaired) electrons. The van der Waals surface area contributed by atoms with Crippen molar-refractivity contribution in [3.05, 3.63) is 39.8 Å². The fraction of sp³-hybridized carbons (Fsp3) is 0.500. The molecule has 1 amide bonds. The van der Waals surface area contributed by atoms with Gasteiger partial charge in [0, 0.05) is 11.4 Å². The summed E-state index contributed by atoms with van der Waals surface area (Å²) in [6.07, 6.45) is 2.04. The summed E-state index contributed by atoms with van der Waals surface area (Å²) in [6.45, 7) is 11.7. The van der Waals surface area contributed by atoms with Crippen molar-refractivity contribution in [2.45, 2.75) is 57.6 Å². The van der Waals surface area contributed by atoms with Gasteiger partial charge in [0.2, 0.25) is 0 Å². The largest absolute Gasteiger partial charge is 0.431 e. The number of amides is 1. The molecule has 0 saturated heterocycles. The third-order valence-corrected chi connectivity index (χ3v) is 6.88. The van der Waals surface area contributed by atoms with E-state index in [9.17, 15) is 4.79 Å². The highest BCUT2D eigenvalue weighted by Gasteiger charge is 2.15. The van der Waals surface area contributed by atoms with Gasteiger partial charge in [-0.1, -0.05) is 31.7 Å². The van der Waals surface area contributed by atoms with Gasteiger partial charge >= 0.3 is 0 Å². The predicted octanol–water partition coefficient (Wildman–Crippen LogP) is 5.13. The molecule has 162 valence electrons. The van der Waals surface area contributed by atoms with Crippen molar-refractivity contribution < 1.29 is 9.21 Å². The smallest absolute Gasteiger partial charge is 0.270 e. The van der Waals surface area contributed by atoms with Crippen LogP contribution >= 0.6 is 23.1 Å². The lowest BCUT2D eigenvalue weighted by atomic mass is 10.1. The lowest BCUT2D eigenvalue weighted by Gasteiger charge is -2.19. The van der Waals surface area contributed by atoms with Crippen LogP contribution in [-0.2, 0) is 5.75 Å². The monoisotopic (exact) mass is 446 g/mol. The van der Waals surface area contributed by atoms with Crippen molar-refractivity contribution in [2.75, 3.05) is 19.6 Å². The third-order valence-electron chi connectivity index (χ3n) is 5.01. The summed E-state index contributed by atoms with van der Waals surface area (Å²) < 4.78 is 5.77. The molecule has 2 heterocycles. The first-order valence-electron chi connectivity index (χ1n) is 10.5. The summed E-state index contributed by atoms with van der Waals surface area (Å²) in [7, 11) is 0. The molecule has 2 aromatic heterocycles. The Morgan fingerprint density at radius 2 is 2.10 bits per heavy atom. The van der Waals surface area contributed by atoms with Crippen LogP contribution in [0.3, 0.4) is 0 Å². The lowest BCUT2D eigenvalue weighted by Crippen LogP contribution is -2.33. The van der Waals surface area contributed by atoms with E-state index in [1.54, 1.807) is 0 Å². The van der Waals surface area contributed by atoms with Gasteiger partial charge in [0.05, 0.1) is 5.75 Å². The lowest BCUT2D eigenvalue weighted by molar-refractivity contribution is 0.0932. The third kappa shape index (κ3) is 6.30. The van der Waals surface area contributed by atoms with Gasteiger partial charge in [0.25, 0.3) is 11.1 Å². The second-order valence-corrected chi connectivity index (χ2v) is 9.28. The van der Waals surface area contributed by atoms with E-state index in [0.717, 1.165) is 54.1 Å². The Labute approximate surface area is 186 Å². The maximum atomic E-state index is 12.5. The molecule has 0 fully saturated rings. The number of rotatable bonds is 11. The molecule has 1 atom stereocenters. The number of thioether (sulfide) groups is 1. The molecule has 0 aliphatic carbocycles. The van der Waals surface area contributed by atoms with Crippen LogP contribution in [0.1, 0.15) is 54.7 Å². The van der Waals surface area contributed by atoms with Crippen molar-refractivity contribution in [1.29, 1.82) is 0 Å². The average Bonchev–Trinajstić information content (AvgIpc) is 3.36. The average molecular weight is 447 g/mol. The zero-order valence-electron chi connectivity index (χ0n) is 18.1. The molecule has 3 rings (SSSR count). The van der Waals surface area contributed by atoms with Crippen LogP contribution in [0.5, 0.6) is 0 Å². The predicted molar refractivity (Wildman–Crippen MR) is 124 cm³/mol. The summed E-state index contributed by atoms with van der Waals surface area (Å²) in [5.74, 6) is 0.526. The second kappa shape index (κ2) is 10.9. The van der Waals surface area contributed by atoms with Crippen molar-refractivity contribution in [1.82, 2.24) is 20.2 Å². The van der Waals surface area contributed by atoms with Crippen molar-refractivity contribution in [2.24, 2.45) is 0 Å². The minimum atomic E-state index is -0.102. The first-order valence-corrected chi connectivity index (χ1v) is 12.3. The highest BCUT2D eigenvalue weighted by atomic mass is 32.2. The van der Waals surface area contributed by atoms with Crippen LogP contribution in [0.4, 0.5) is 0 Å². The Bertz CT molecular complexity index is 965. The molecule has 0 bridgehead atoms. The fourth-order valence-corrected chi connectivity index (χ4v) is 4.84. The van der Waals surface area contributed by atoms with Crippen LogP contribution in [0.15, 0.2) is 33.2 Å². The number of hydrogen-bond acceptors (Lipinski definition) is 7. The number of hydrogen-bond donors (Lipinski definition) is 1. The molecule has 1 unspecified atom stereocenters. The number of benzene rings is 1. The first-order chi connectivity index (χ1) is 14.5. The minimum Gasteiger partial charge on any atom is -0.431 e. The highest BCUT2D eigenvalue weighted by Crippen LogP contribution is 2.27. The molecule has 0 aliphatic rings. The van der Waals surface area contributed by atoms with E-state index < -0.39 is 0 Å². The Hall–Kier alpha value is -1.90. The number of thiazole rings is 1. The zero-order valence-corrected chi connectivity index (χ0v) is 19.7. The molecule has 1 aromatic carbocycles. The van der Waals surface area contributed by atoms with Crippen LogP contribution in [0, 0.1) is 6.92 Å². The summed E-state index contributed by atoms with van der Waals surface area (Å²) >= 11 is 2.99. The first kappa shape index (κ1) is 22.8. The van der Waals surface area contributed by atoms with Crippen LogP contribution < -0.4 is 5.32 Å². The summed E-state index contributed by atoms with van der Waals surface area (Å²) in [5, 5.41) is 6.40. The Morgan fingerprint density at radius 1 is 1.30 bits per heavy atom. The molecule has 0 aliphatic heterocycles. The number of carbonyl (C=O) groups excluding carboxylic acids is 1. The van der Waals surface area contributed by atoms with Gasteiger partial charge in [0.15, 0.2) is 5.58 Å². The number of nitrogens with zero attached hydrogens (tertiary/aromatic N) is 3. The standard InChI is InChI=1S/C22H30N4O2S2/c1-5-26(6-2)11-7-8-16(4)23-21(27)18-13-29-20(24-18)14-30-22-25-17-12-15(3)9-10-19(17)28-22/h9-10,12-13,16H,5-8,11,14H2,1-4H3,(H,23,27). The summed E-state index contributed by atoms with van der Waals surface area (Å²) in [4.78, 5) is 23.9. The zero-order chi connectivity index (χ0) is 21.5. The molecule has 0 saturated carbocycles.